The van der Waals surface area contributed by atoms with Crippen LogP contribution in [-0.2, 0) is 17.6 Å². The average Bonchev–Trinajstić information content (AvgIpc) is 3.34. The van der Waals surface area contributed by atoms with Crippen LogP contribution >= 0.6 is 11.3 Å². The van der Waals surface area contributed by atoms with Crippen LogP contribution in [0.4, 0.5) is 26.1 Å². The number of hydrogen-bond donors (Lipinski definition) is 4. The molecule has 12 heteroatoms. The second-order valence-electron chi connectivity index (χ2n) is 11.8. The largest absolute Gasteiger partial charge is 0.444 e. The Bertz CT molecular complexity index is 1390. The van der Waals surface area contributed by atoms with Gasteiger partial charge in [-0.25, -0.2) is 14.6 Å². The summed E-state index contributed by atoms with van der Waals surface area (Å²) in [6, 6.07) is 9.65. The van der Waals surface area contributed by atoms with Gasteiger partial charge in [-0.3, -0.25) is 20.4 Å². The number of nitrogens with zero attached hydrogens (tertiary/aromatic N) is 3. The van der Waals surface area contributed by atoms with Crippen molar-refractivity contribution in [2.45, 2.75) is 70.9 Å². The van der Waals surface area contributed by atoms with Crippen molar-refractivity contribution in [2.75, 3.05) is 36.6 Å². The van der Waals surface area contributed by atoms with Crippen molar-refractivity contribution in [3.63, 3.8) is 0 Å². The lowest BCUT2D eigenvalue weighted by Gasteiger charge is -2.21. The fourth-order valence-electron chi connectivity index (χ4n) is 4.68. The zero-order valence-corrected chi connectivity index (χ0v) is 26.3. The number of benzene rings is 1. The zero-order chi connectivity index (χ0) is 31.0. The minimum Gasteiger partial charge on any atom is -0.444 e. The van der Waals surface area contributed by atoms with E-state index in [9.17, 15) is 14.4 Å². The molecule has 1 aliphatic rings. The highest BCUT2D eigenvalue weighted by molar-refractivity contribution is 7.15. The van der Waals surface area contributed by atoms with E-state index < -0.39 is 17.6 Å². The molecule has 230 valence electrons. The molecule has 1 atom stereocenters. The number of aryl methyl sites for hydroxylation is 2. The standard InChI is InChI=1S/C31H41N7O4S/c1-31(2,3)42-30(41)36-23-12-7-6-11-22(23)33-27(39)25-17-16-20(19-32-25)21(14-10-18-38(4)5)34-28(40)37-29-35-24-13-8-9-15-26(24)43-29/h6-7,11-12,16-17,19,21H,8-10,13-15,18H2,1-5H3,(H,33,39)(H,36,41)(H2,34,35,37,40). The summed E-state index contributed by atoms with van der Waals surface area (Å²) in [5.74, 6) is -0.437. The Labute approximate surface area is 256 Å². The Balaban J connectivity index is 1.42. The summed E-state index contributed by atoms with van der Waals surface area (Å²) in [5, 5.41) is 12.1. The molecular weight excluding hydrogens is 566 g/mol. The van der Waals surface area contributed by atoms with E-state index in [0.29, 0.717) is 22.9 Å². The smallest absolute Gasteiger partial charge is 0.412 e. The van der Waals surface area contributed by atoms with Gasteiger partial charge in [-0.05, 0) is 104 Å². The summed E-state index contributed by atoms with van der Waals surface area (Å²) < 4.78 is 5.33. The first kappa shape index (κ1) is 31.9. The second-order valence-corrected chi connectivity index (χ2v) is 12.9. The van der Waals surface area contributed by atoms with Gasteiger partial charge in [-0.15, -0.1) is 11.3 Å². The van der Waals surface area contributed by atoms with Gasteiger partial charge in [0.2, 0.25) is 0 Å². The molecule has 4 N–H and O–H groups in total. The van der Waals surface area contributed by atoms with Crippen LogP contribution in [0.2, 0.25) is 0 Å². The number of anilines is 3. The van der Waals surface area contributed by atoms with Gasteiger partial charge in [-0.1, -0.05) is 18.2 Å². The third-order valence-electron chi connectivity index (χ3n) is 6.70. The van der Waals surface area contributed by atoms with Gasteiger partial charge in [-0.2, -0.15) is 0 Å². The molecule has 1 unspecified atom stereocenters. The first-order chi connectivity index (χ1) is 20.5. The molecule has 4 amide bonds. The van der Waals surface area contributed by atoms with Gasteiger partial charge in [0.05, 0.1) is 23.1 Å². The number of aromatic nitrogens is 2. The molecule has 43 heavy (non-hydrogen) atoms. The number of para-hydroxylation sites is 2. The molecule has 2 heterocycles. The normalized spacial score (nSPS) is 13.5. The van der Waals surface area contributed by atoms with Crippen LogP contribution in [0.5, 0.6) is 0 Å². The van der Waals surface area contributed by atoms with Crippen LogP contribution in [0.1, 0.15) is 79.1 Å². The van der Waals surface area contributed by atoms with Crippen molar-refractivity contribution >= 4 is 45.9 Å². The topological polar surface area (TPSA) is 138 Å². The van der Waals surface area contributed by atoms with E-state index in [-0.39, 0.29) is 17.8 Å². The molecule has 1 aliphatic carbocycles. The van der Waals surface area contributed by atoms with Gasteiger partial charge < -0.3 is 20.3 Å². The number of thiazole rings is 1. The van der Waals surface area contributed by atoms with Gasteiger partial charge in [0.25, 0.3) is 5.91 Å². The van der Waals surface area contributed by atoms with Crippen LogP contribution in [0, 0.1) is 0 Å². The van der Waals surface area contributed by atoms with E-state index in [2.05, 4.69) is 36.1 Å². The predicted molar refractivity (Wildman–Crippen MR) is 170 cm³/mol. The van der Waals surface area contributed by atoms with E-state index in [1.807, 2.05) is 14.1 Å². The third-order valence-corrected chi connectivity index (χ3v) is 7.77. The lowest BCUT2D eigenvalue weighted by Crippen LogP contribution is -2.33. The maximum atomic E-state index is 13.1. The predicted octanol–water partition coefficient (Wildman–Crippen LogP) is 6.22. The Morgan fingerprint density at radius 3 is 2.37 bits per heavy atom. The molecule has 3 aromatic rings. The molecule has 0 saturated carbocycles. The van der Waals surface area contributed by atoms with E-state index >= 15 is 0 Å². The highest BCUT2D eigenvalue weighted by Crippen LogP contribution is 2.30. The number of hydrogen-bond acceptors (Lipinski definition) is 8. The van der Waals surface area contributed by atoms with E-state index in [0.717, 1.165) is 49.9 Å². The number of fused-ring (bicyclic) bond motifs is 1. The Morgan fingerprint density at radius 2 is 1.72 bits per heavy atom. The van der Waals surface area contributed by atoms with Crippen LogP contribution in [-0.4, -0.2) is 59.1 Å². The molecule has 1 aromatic carbocycles. The highest BCUT2D eigenvalue weighted by atomic mass is 32.1. The summed E-state index contributed by atoms with van der Waals surface area (Å²) in [4.78, 5) is 50.7. The van der Waals surface area contributed by atoms with E-state index in [1.165, 1.54) is 4.88 Å². The summed E-state index contributed by atoms with van der Waals surface area (Å²) in [5.41, 5.74) is 2.23. The first-order valence-electron chi connectivity index (χ1n) is 14.5. The van der Waals surface area contributed by atoms with Crippen molar-refractivity contribution in [1.29, 1.82) is 0 Å². The summed E-state index contributed by atoms with van der Waals surface area (Å²) in [7, 11) is 4.02. The maximum Gasteiger partial charge on any atom is 0.412 e. The van der Waals surface area contributed by atoms with Gasteiger partial charge in [0.1, 0.15) is 11.3 Å². The fourth-order valence-corrected chi connectivity index (χ4v) is 5.72. The molecule has 11 nitrogen and oxygen atoms in total. The van der Waals surface area contributed by atoms with Crippen LogP contribution < -0.4 is 21.3 Å². The molecular formula is C31H41N7O4S. The molecule has 0 aliphatic heterocycles. The Hall–Kier alpha value is -4.03. The van der Waals surface area contributed by atoms with Crippen LogP contribution in [0.3, 0.4) is 0 Å². The fraction of sp³-hybridized carbons (Fsp3) is 0.452. The molecule has 4 rings (SSSR count). The number of carbonyl (C=O) groups excluding carboxylic acids is 3. The van der Waals surface area contributed by atoms with Crippen molar-refractivity contribution < 1.29 is 19.1 Å². The molecule has 2 aromatic heterocycles. The number of carbonyl (C=O) groups is 3. The number of ether oxygens (including phenoxy) is 1. The number of pyridine rings is 1. The molecule has 0 spiro atoms. The Morgan fingerprint density at radius 1 is 1.00 bits per heavy atom. The zero-order valence-electron chi connectivity index (χ0n) is 25.5. The summed E-state index contributed by atoms with van der Waals surface area (Å²) in [6.07, 6.45) is 6.80. The molecule has 0 fully saturated rings. The monoisotopic (exact) mass is 607 g/mol. The molecule has 0 radical (unpaired) electrons. The SMILES string of the molecule is CN(C)CCCC(NC(=O)Nc1nc2c(s1)CCCC2)c1ccc(C(=O)Nc2ccccc2NC(=O)OC(C)(C)C)nc1. The molecule has 0 bridgehead atoms. The summed E-state index contributed by atoms with van der Waals surface area (Å²) in [6.45, 7) is 6.19. The van der Waals surface area contributed by atoms with Crippen molar-refractivity contribution in [1.82, 2.24) is 20.2 Å². The van der Waals surface area contributed by atoms with Crippen molar-refractivity contribution in [3.8, 4) is 0 Å². The van der Waals surface area contributed by atoms with Crippen LogP contribution in [0.15, 0.2) is 42.6 Å². The van der Waals surface area contributed by atoms with Crippen molar-refractivity contribution in [2.24, 2.45) is 0 Å². The lowest BCUT2D eigenvalue weighted by atomic mass is 10.0. The van der Waals surface area contributed by atoms with Gasteiger partial charge >= 0.3 is 12.1 Å². The number of rotatable bonds is 10. The second kappa shape index (κ2) is 14.4. The van der Waals surface area contributed by atoms with Crippen LogP contribution in [0.25, 0.3) is 0 Å². The number of nitrogens with one attached hydrogen (secondary N) is 4. The maximum absolute atomic E-state index is 13.1. The summed E-state index contributed by atoms with van der Waals surface area (Å²) >= 11 is 1.54. The average molecular weight is 608 g/mol. The lowest BCUT2D eigenvalue weighted by molar-refractivity contribution is 0.0635. The van der Waals surface area contributed by atoms with E-state index in [1.54, 1.807) is 74.7 Å². The first-order valence-corrected chi connectivity index (χ1v) is 15.4. The highest BCUT2D eigenvalue weighted by Gasteiger charge is 2.21. The minimum atomic E-state index is -0.659. The number of urea groups is 1. The number of amides is 4. The van der Waals surface area contributed by atoms with Gasteiger partial charge in [0.15, 0.2) is 5.13 Å². The quantitative estimate of drug-likeness (QED) is 0.215. The Kier molecular flexibility index (Phi) is 10.7. The van der Waals surface area contributed by atoms with Crippen molar-refractivity contribution in [3.05, 3.63) is 64.4 Å². The van der Waals surface area contributed by atoms with E-state index in [4.69, 9.17) is 4.74 Å². The minimum absolute atomic E-state index is 0.195. The van der Waals surface area contributed by atoms with Gasteiger partial charge in [0, 0.05) is 11.1 Å². The molecule has 0 saturated heterocycles. The third kappa shape index (κ3) is 9.75.